The van der Waals surface area contributed by atoms with Gasteiger partial charge in [-0.2, -0.15) is 4.31 Å². The van der Waals surface area contributed by atoms with Gasteiger partial charge in [0.25, 0.3) is 10.0 Å². The summed E-state index contributed by atoms with van der Waals surface area (Å²) in [6.45, 7) is 3.03. The van der Waals surface area contributed by atoms with E-state index in [1.54, 1.807) is 7.05 Å². The van der Waals surface area contributed by atoms with Gasteiger partial charge in [-0.3, -0.25) is 0 Å². The van der Waals surface area contributed by atoms with E-state index >= 15 is 0 Å². The summed E-state index contributed by atoms with van der Waals surface area (Å²) >= 11 is 5.99. The van der Waals surface area contributed by atoms with Crippen molar-refractivity contribution in [3.63, 3.8) is 0 Å². The highest BCUT2D eigenvalue weighted by Gasteiger charge is 2.40. The van der Waals surface area contributed by atoms with E-state index in [2.05, 4.69) is 16.8 Å². The molecule has 2 atom stereocenters. The first-order chi connectivity index (χ1) is 8.75. The highest BCUT2D eigenvalue weighted by atomic mass is 35.5. The molecule has 0 radical (unpaired) electrons. The van der Waals surface area contributed by atoms with Crippen LogP contribution in [0.15, 0.2) is 11.4 Å². The average molecular weight is 307 g/mol. The molecule has 2 unspecified atom stereocenters. The number of halogens is 1. The summed E-state index contributed by atoms with van der Waals surface area (Å²) in [7, 11) is 1.99. The predicted molar refractivity (Wildman–Crippen MR) is 73.6 cm³/mol. The van der Waals surface area contributed by atoms with Gasteiger partial charge in [0.1, 0.15) is 5.15 Å². The summed E-state index contributed by atoms with van der Waals surface area (Å²) < 4.78 is 28.0. The molecule has 0 aliphatic carbocycles. The van der Waals surface area contributed by atoms with Crippen LogP contribution >= 0.6 is 11.6 Å². The third-order valence-corrected chi connectivity index (χ3v) is 5.94. The minimum atomic E-state index is -3.61. The van der Waals surface area contributed by atoms with Crippen molar-refractivity contribution >= 4 is 21.6 Å². The first kappa shape index (κ1) is 14.8. The van der Waals surface area contributed by atoms with E-state index in [0.29, 0.717) is 13.1 Å². The largest absolute Gasteiger partial charge is 0.324 e. The smallest absolute Gasteiger partial charge is 0.263 e. The monoisotopic (exact) mass is 306 g/mol. The van der Waals surface area contributed by atoms with Crippen molar-refractivity contribution in [2.75, 3.05) is 27.2 Å². The van der Waals surface area contributed by atoms with Crippen molar-refractivity contribution in [1.82, 2.24) is 18.8 Å². The van der Waals surface area contributed by atoms with E-state index in [-0.39, 0.29) is 22.1 Å². The highest BCUT2D eigenvalue weighted by molar-refractivity contribution is 7.89. The first-order valence-corrected chi connectivity index (χ1v) is 7.90. The maximum absolute atomic E-state index is 12.5. The number of rotatable bonds is 3. The lowest BCUT2D eigenvalue weighted by Gasteiger charge is -2.22. The normalized spacial score (nSPS) is 25.4. The Morgan fingerprint density at radius 2 is 2.05 bits per heavy atom. The summed E-state index contributed by atoms with van der Waals surface area (Å²) in [5, 5.41) is 0.101. The number of sulfonamides is 1. The molecule has 0 bridgehead atoms. The molecule has 8 heteroatoms. The number of nitrogens with zero attached hydrogens (tertiary/aromatic N) is 4. The lowest BCUT2D eigenvalue weighted by Crippen LogP contribution is -2.36. The molecule has 0 N–H and O–H groups in total. The second-order valence-corrected chi connectivity index (χ2v) is 7.49. The van der Waals surface area contributed by atoms with Crippen LogP contribution in [0.2, 0.25) is 5.15 Å². The summed E-state index contributed by atoms with van der Waals surface area (Å²) in [6, 6.07) is 0.220. The Balaban J connectivity index is 2.30. The van der Waals surface area contributed by atoms with E-state index in [1.807, 2.05) is 14.1 Å². The van der Waals surface area contributed by atoms with Gasteiger partial charge in [0.05, 0.1) is 6.33 Å². The molecule has 1 aliphatic heterocycles. The molecular weight excluding hydrogens is 288 g/mol. The number of imidazole rings is 1. The van der Waals surface area contributed by atoms with Crippen LogP contribution in [0.4, 0.5) is 0 Å². The van der Waals surface area contributed by atoms with Crippen LogP contribution < -0.4 is 0 Å². The number of aromatic nitrogens is 2. The SMILES string of the molecule is CC1CN(S(=O)(=O)c2ncn(C)c2Cl)CC1N(C)C. The molecule has 6 nitrogen and oxygen atoms in total. The fourth-order valence-electron chi connectivity index (χ4n) is 2.46. The molecular formula is C11H19ClN4O2S. The number of likely N-dealkylation sites (N-methyl/N-ethyl adjacent to an activating group) is 1. The highest BCUT2D eigenvalue weighted by Crippen LogP contribution is 2.28. The van der Waals surface area contributed by atoms with Crippen LogP contribution in [0, 0.1) is 5.92 Å². The zero-order valence-electron chi connectivity index (χ0n) is 11.5. The Morgan fingerprint density at radius 3 is 2.47 bits per heavy atom. The first-order valence-electron chi connectivity index (χ1n) is 6.08. The number of aryl methyl sites for hydroxylation is 1. The quantitative estimate of drug-likeness (QED) is 0.822. The molecule has 1 fully saturated rings. The summed E-state index contributed by atoms with van der Waals surface area (Å²) in [4.78, 5) is 5.97. The summed E-state index contributed by atoms with van der Waals surface area (Å²) in [5.74, 6) is 0.285. The van der Waals surface area contributed by atoms with Crippen LogP contribution in [0.25, 0.3) is 0 Å². The lowest BCUT2D eigenvalue weighted by molar-refractivity contribution is 0.263. The summed E-state index contributed by atoms with van der Waals surface area (Å²) in [5.41, 5.74) is 0. The zero-order chi connectivity index (χ0) is 14.4. The van der Waals surface area contributed by atoms with Crippen LogP contribution in [0.5, 0.6) is 0 Å². The second-order valence-electron chi connectivity index (χ2n) is 5.28. The minimum absolute atomic E-state index is 0.0525. The van der Waals surface area contributed by atoms with E-state index < -0.39 is 10.0 Å². The second kappa shape index (κ2) is 5.05. The van der Waals surface area contributed by atoms with Gasteiger partial charge in [0.15, 0.2) is 0 Å². The molecule has 1 aromatic heterocycles. The van der Waals surface area contributed by atoms with Crippen molar-refractivity contribution in [3.8, 4) is 0 Å². The Kier molecular flexibility index (Phi) is 3.92. The third kappa shape index (κ3) is 2.52. The van der Waals surface area contributed by atoms with E-state index in [1.165, 1.54) is 15.2 Å². The van der Waals surface area contributed by atoms with Crippen LogP contribution in [-0.2, 0) is 17.1 Å². The molecule has 2 heterocycles. The van der Waals surface area contributed by atoms with Gasteiger partial charge in [-0.15, -0.1) is 0 Å². The van der Waals surface area contributed by atoms with Gasteiger partial charge in [-0.1, -0.05) is 18.5 Å². The molecule has 108 valence electrons. The fourth-order valence-corrected chi connectivity index (χ4v) is 4.41. The zero-order valence-corrected chi connectivity index (χ0v) is 13.1. The third-order valence-electron chi connectivity index (χ3n) is 3.62. The van der Waals surface area contributed by atoms with Crippen LogP contribution in [0.1, 0.15) is 6.92 Å². The molecule has 1 aromatic rings. The number of hydrogen-bond acceptors (Lipinski definition) is 4. The molecule has 2 rings (SSSR count). The Labute approximate surface area is 119 Å². The van der Waals surface area contributed by atoms with Crippen molar-refractivity contribution in [1.29, 1.82) is 0 Å². The molecule has 0 saturated carbocycles. The molecule has 1 aliphatic rings. The minimum Gasteiger partial charge on any atom is -0.324 e. The molecule has 0 aromatic carbocycles. The Morgan fingerprint density at radius 1 is 1.42 bits per heavy atom. The summed E-state index contributed by atoms with van der Waals surface area (Å²) in [6.07, 6.45) is 1.41. The van der Waals surface area contributed by atoms with Gasteiger partial charge in [0.2, 0.25) is 5.03 Å². The van der Waals surface area contributed by atoms with Gasteiger partial charge in [-0.25, -0.2) is 13.4 Å². The Hall–Kier alpha value is -0.630. The molecule has 19 heavy (non-hydrogen) atoms. The molecule has 1 saturated heterocycles. The molecule has 0 amide bonds. The number of hydrogen-bond donors (Lipinski definition) is 0. The van der Waals surface area contributed by atoms with Crippen molar-refractivity contribution in [3.05, 3.63) is 11.5 Å². The van der Waals surface area contributed by atoms with E-state index in [4.69, 9.17) is 11.6 Å². The van der Waals surface area contributed by atoms with Crippen molar-refractivity contribution in [2.24, 2.45) is 13.0 Å². The fraction of sp³-hybridized carbons (Fsp3) is 0.727. The molecule has 0 spiro atoms. The van der Waals surface area contributed by atoms with Crippen LogP contribution in [-0.4, -0.2) is 60.4 Å². The van der Waals surface area contributed by atoms with Crippen LogP contribution in [0.3, 0.4) is 0 Å². The average Bonchev–Trinajstić information content (AvgIpc) is 2.85. The Bertz CT molecular complexity index is 569. The van der Waals surface area contributed by atoms with Gasteiger partial charge in [-0.05, 0) is 20.0 Å². The maximum Gasteiger partial charge on any atom is 0.263 e. The van der Waals surface area contributed by atoms with E-state index in [0.717, 1.165) is 0 Å². The van der Waals surface area contributed by atoms with Gasteiger partial charge >= 0.3 is 0 Å². The predicted octanol–water partition coefficient (Wildman–Crippen LogP) is 0.644. The lowest BCUT2D eigenvalue weighted by atomic mass is 10.1. The van der Waals surface area contributed by atoms with Gasteiger partial charge in [0, 0.05) is 26.2 Å². The van der Waals surface area contributed by atoms with Crippen molar-refractivity contribution < 1.29 is 8.42 Å². The van der Waals surface area contributed by atoms with Gasteiger partial charge < -0.3 is 9.47 Å². The standard InChI is InChI=1S/C11H19ClN4O2S/c1-8-5-16(6-9(8)14(2)3)19(17,18)11-10(12)15(4)7-13-11/h7-9H,5-6H2,1-4H3. The van der Waals surface area contributed by atoms with E-state index in [9.17, 15) is 8.42 Å². The van der Waals surface area contributed by atoms with Crippen molar-refractivity contribution in [2.45, 2.75) is 18.0 Å². The maximum atomic E-state index is 12.5. The topological polar surface area (TPSA) is 58.4 Å².